The Morgan fingerprint density at radius 3 is 2.73 bits per heavy atom. The summed E-state index contributed by atoms with van der Waals surface area (Å²) in [6, 6.07) is 10.4. The number of rotatable bonds is 1. The van der Waals surface area contributed by atoms with Crippen molar-refractivity contribution in [2.45, 2.75) is 4.71 Å². The van der Waals surface area contributed by atoms with E-state index in [4.69, 9.17) is 11.6 Å². The average Bonchev–Trinajstić information content (AvgIpc) is 2.78. The van der Waals surface area contributed by atoms with E-state index < -0.39 is 0 Å². The van der Waals surface area contributed by atoms with E-state index in [1.54, 1.807) is 11.8 Å². The SMILES string of the molecule is ClC1SC2=CC=CC2=C1c1ccccc1. The van der Waals surface area contributed by atoms with E-state index in [2.05, 4.69) is 42.5 Å². The Morgan fingerprint density at radius 1 is 1.13 bits per heavy atom. The highest BCUT2D eigenvalue weighted by Crippen LogP contribution is 2.50. The Morgan fingerprint density at radius 2 is 1.93 bits per heavy atom. The molecule has 1 aliphatic heterocycles. The molecule has 1 aromatic carbocycles. The molecule has 0 saturated carbocycles. The molecule has 74 valence electrons. The van der Waals surface area contributed by atoms with E-state index in [9.17, 15) is 0 Å². The molecule has 0 amide bonds. The Hall–Kier alpha value is -0.920. The van der Waals surface area contributed by atoms with Gasteiger partial charge in [-0.05, 0) is 22.8 Å². The molecule has 0 radical (unpaired) electrons. The summed E-state index contributed by atoms with van der Waals surface area (Å²) >= 11 is 8.07. The number of fused-ring (bicyclic) bond motifs is 1. The van der Waals surface area contributed by atoms with Crippen LogP contribution in [0.3, 0.4) is 0 Å². The van der Waals surface area contributed by atoms with Gasteiger partial charge in [-0.25, -0.2) is 0 Å². The Balaban J connectivity index is 2.16. The van der Waals surface area contributed by atoms with Crippen molar-refractivity contribution >= 4 is 28.9 Å². The number of hydrogen-bond donors (Lipinski definition) is 0. The monoisotopic (exact) mass is 232 g/mol. The van der Waals surface area contributed by atoms with Crippen molar-refractivity contribution in [2.75, 3.05) is 0 Å². The summed E-state index contributed by atoms with van der Waals surface area (Å²) in [5, 5.41) is 0. The summed E-state index contributed by atoms with van der Waals surface area (Å²) in [5.41, 5.74) is 3.78. The third kappa shape index (κ3) is 1.47. The lowest BCUT2D eigenvalue weighted by molar-refractivity contribution is 1.52. The summed E-state index contributed by atoms with van der Waals surface area (Å²) < 4.78 is 0.0543. The first-order valence-electron chi connectivity index (χ1n) is 4.85. The van der Waals surface area contributed by atoms with Crippen LogP contribution in [0.25, 0.3) is 5.57 Å². The number of alkyl halides is 1. The van der Waals surface area contributed by atoms with Gasteiger partial charge in [0.05, 0.1) is 0 Å². The van der Waals surface area contributed by atoms with Crippen LogP contribution in [-0.2, 0) is 0 Å². The summed E-state index contributed by atoms with van der Waals surface area (Å²) in [5.74, 6) is 0. The molecule has 0 N–H and O–H groups in total. The lowest BCUT2D eigenvalue weighted by atomic mass is 10.0. The number of allylic oxidation sites excluding steroid dienone is 4. The molecule has 1 aromatic rings. The molecule has 1 aliphatic carbocycles. The van der Waals surface area contributed by atoms with Gasteiger partial charge in [-0.2, -0.15) is 0 Å². The normalized spacial score (nSPS) is 23.3. The maximum absolute atomic E-state index is 6.35. The molecule has 0 aromatic heterocycles. The standard InChI is InChI=1S/C13H9ClS/c14-13-12(9-5-2-1-3-6-9)10-7-4-8-11(10)15-13/h1-8,13H. The molecular weight excluding hydrogens is 224 g/mol. The number of halogens is 1. The van der Waals surface area contributed by atoms with Crippen LogP contribution < -0.4 is 0 Å². The molecule has 1 atom stereocenters. The quantitative estimate of drug-likeness (QED) is 0.654. The van der Waals surface area contributed by atoms with Gasteiger partial charge in [0, 0.05) is 4.91 Å². The number of hydrogen-bond acceptors (Lipinski definition) is 1. The minimum absolute atomic E-state index is 0.0543. The maximum atomic E-state index is 6.35. The molecule has 1 heterocycles. The van der Waals surface area contributed by atoms with Crippen LogP contribution >= 0.6 is 23.4 Å². The predicted octanol–water partition coefficient (Wildman–Crippen LogP) is 4.21. The highest BCUT2D eigenvalue weighted by molar-refractivity contribution is 8.05. The van der Waals surface area contributed by atoms with Gasteiger partial charge < -0.3 is 0 Å². The van der Waals surface area contributed by atoms with Crippen LogP contribution in [0, 0.1) is 0 Å². The minimum atomic E-state index is 0.0543. The fourth-order valence-electron chi connectivity index (χ4n) is 1.93. The van der Waals surface area contributed by atoms with Crippen LogP contribution in [0.2, 0.25) is 0 Å². The second kappa shape index (κ2) is 3.58. The van der Waals surface area contributed by atoms with Gasteiger partial charge in [-0.1, -0.05) is 42.5 Å². The van der Waals surface area contributed by atoms with E-state index in [0.29, 0.717) is 0 Å². The summed E-state index contributed by atoms with van der Waals surface area (Å²) in [6.07, 6.45) is 6.36. The zero-order chi connectivity index (χ0) is 10.3. The molecule has 2 aliphatic rings. The fraction of sp³-hybridized carbons (Fsp3) is 0.0769. The molecule has 0 fully saturated rings. The highest BCUT2D eigenvalue weighted by atomic mass is 35.5. The van der Waals surface area contributed by atoms with Crippen LogP contribution in [0.4, 0.5) is 0 Å². The summed E-state index contributed by atoms with van der Waals surface area (Å²) in [7, 11) is 0. The Bertz CT molecular complexity index is 483. The second-order valence-corrected chi connectivity index (χ2v) is 5.36. The molecule has 0 spiro atoms. The summed E-state index contributed by atoms with van der Waals surface area (Å²) in [4.78, 5) is 1.30. The van der Waals surface area contributed by atoms with Gasteiger partial charge in [-0.15, -0.1) is 23.4 Å². The zero-order valence-corrected chi connectivity index (χ0v) is 9.55. The van der Waals surface area contributed by atoms with E-state index in [1.807, 2.05) is 6.07 Å². The Labute approximate surface area is 98.3 Å². The van der Waals surface area contributed by atoms with Crippen LogP contribution in [-0.4, -0.2) is 4.71 Å². The number of benzene rings is 1. The van der Waals surface area contributed by atoms with Crippen molar-refractivity contribution in [3.63, 3.8) is 0 Å². The van der Waals surface area contributed by atoms with Crippen molar-refractivity contribution in [3.8, 4) is 0 Å². The summed E-state index contributed by atoms with van der Waals surface area (Å²) in [6.45, 7) is 0. The second-order valence-electron chi connectivity index (χ2n) is 3.52. The number of thioether (sulfide) groups is 1. The van der Waals surface area contributed by atoms with Crippen LogP contribution in [0.1, 0.15) is 5.56 Å². The van der Waals surface area contributed by atoms with Crippen molar-refractivity contribution in [1.29, 1.82) is 0 Å². The van der Waals surface area contributed by atoms with Crippen LogP contribution in [0.5, 0.6) is 0 Å². The van der Waals surface area contributed by atoms with Gasteiger partial charge in [-0.3, -0.25) is 0 Å². The van der Waals surface area contributed by atoms with Crippen molar-refractivity contribution < 1.29 is 0 Å². The Kier molecular flexibility index (Phi) is 2.23. The topological polar surface area (TPSA) is 0 Å². The molecule has 0 nitrogen and oxygen atoms in total. The minimum Gasteiger partial charge on any atom is -0.105 e. The first-order chi connectivity index (χ1) is 7.36. The molecule has 0 saturated heterocycles. The zero-order valence-electron chi connectivity index (χ0n) is 7.98. The molecule has 0 bridgehead atoms. The van der Waals surface area contributed by atoms with Crippen LogP contribution in [0.15, 0.2) is 59.0 Å². The molecule has 15 heavy (non-hydrogen) atoms. The fourth-order valence-corrected chi connectivity index (χ4v) is 3.52. The third-order valence-electron chi connectivity index (χ3n) is 2.61. The highest BCUT2D eigenvalue weighted by Gasteiger charge is 2.29. The first-order valence-corrected chi connectivity index (χ1v) is 6.17. The van der Waals surface area contributed by atoms with Crippen molar-refractivity contribution in [3.05, 3.63) is 64.6 Å². The molecular formula is C13H9ClS. The van der Waals surface area contributed by atoms with E-state index in [-0.39, 0.29) is 4.71 Å². The molecule has 2 heteroatoms. The molecule has 3 rings (SSSR count). The smallest absolute Gasteiger partial charge is 0.105 e. The third-order valence-corrected chi connectivity index (χ3v) is 4.15. The lowest BCUT2D eigenvalue weighted by Gasteiger charge is -2.07. The predicted molar refractivity (Wildman–Crippen MR) is 67.8 cm³/mol. The molecule has 1 unspecified atom stereocenters. The van der Waals surface area contributed by atoms with E-state index in [0.717, 1.165) is 0 Å². The lowest BCUT2D eigenvalue weighted by Crippen LogP contribution is -1.92. The van der Waals surface area contributed by atoms with E-state index in [1.165, 1.54) is 21.6 Å². The van der Waals surface area contributed by atoms with Crippen molar-refractivity contribution in [1.82, 2.24) is 0 Å². The van der Waals surface area contributed by atoms with Gasteiger partial charge in [0.15, 0.2) is 0 Å². The van der Waals surface area contributed by atoms with Gasteiger partial charge in [0.25, 0.3) is 0 Å². The van der Waals surface area contributed by atoms with Gasteiger partial charge >= 0.3 is 0 Å². The van der Waals surface area contributed by atoms with Gasteiger partial charge in [0.1, 0.15) is 4.71 Å². The average molecular weight is 233 g/mol. The van der Waals surface area contributed by atoms with E-state index >= 15 is 0 Å². The maximum Gasteiger partial charge on any atom is 0.110 e. The largest absolute Gasteiger partial charge is 0.110 e. The van der Waals surface area contributed by atoms with Gasteiger partial charge in [0.2, 0.25) is 0 Å². The first kappa shape index (κ1) is 9.32. The van der Waals surface area contributed by atoms with Crippen molar-refractivity contribution in [2.24, 2.45) is 0 Å².